The van der Waals surface area contributed by atoms with E-state index in [2.05, 4.69) is 23.4 Å². The lowest BCUT2D eigenvalue weighted by atomic mass is 10.2. The van der Waals surface area contributed by atoms with Gasteiger partial charge in [-0.1, -0.05) is 6.92 Å². The number of imidazole rings is 1. The Hall–Kier alpha value is -1.62. The summed E-state index contributed by atoms with van der Waals surface area (Å²) < 4.78 is 2.31. The molecule has 0 fully saturated rings. The molecule has 0 saturated carbocycles. The van der Waals surface area contributed by atoms with Crippen LogP contribution in [-0.4, -0.2) is 21.1 Å². The van der Waals surface area contributed by atoms with Crippen molar-refractivity contribution >= 4 is 16.9 Å². The summed E-state index contributed by atoms with van der Waals surface area (Å²) in [6.45, 7) is 7.95. The number of unbranched alkanes of at least 4 members (excludes halogenated alkanes) is 1. The van der Waals surface area contributed by atoms with Gasteiger partial charge in [0.1, 0.15) is 11.3 Å². The summed E-state index contributed by atoms with van der Waals surface area (Å²) in [4.78, 5) is 9.12. The first-order chi connectivity index (χ1) is 9.60. The van der Waals surface area contributed by atoms with Gasteiger partial charge in [-0.25, -0.2) is 9.97 Å². The lowest BCUT2D eigenvalue weighted by Crippen LogP contribution is -2.08. The quantitative estimate of drug-likeness (QED) is 0.793. The number of nitrogens with two attached hydrogens (primary N) is 2. The standard InChI is InChI=1S/C15H25N5/c1-4-7-12-19-13-14(20(12)9-6-5-8-16)10(2)11(3)18-15(13)17/h4-9,16H2,1-3H3,(H2,17,18). The summed E-state index contributed by atoms with van der Waals surface area (Å²) in [7, 11) is 0. The molecular formula is C15H25N5. The van der Waals surface area contributed by atoms with Crippen molar-refractivity contribution < 1.29 is 0 Å². The minimum Gasteiger partial charge on any atom is -0.382 e. The third kappa shape index (κ3) is 2.63. The number of hydrogen-bond acceptors (Lipinski definition) is 4. The monoisotopic (exact) mass is 275 g/mol. The van der Waals surface area contributed by atoms with Crippen molar-refractivity contribution in [2.75, 3.05) is 12.3 Å². The van der Waals surface area contributed by atoms with Gasteiger partial charge in [0.15, 0.2) is 5.82 Å². The molecule has 0 spiro atoms. The number of aryl methyl sites for hydroxylation is 4. The Morgan fingerprint density at radius 3 is 2.55 bits per heavy atom. The average molecular weight is 275 g/mol. The van der Waals surface area contributed by atoms with Gasteiger partial charge in [-0.15, -0.1) is 0 Å². The van der Waals surface area contributed by atoms with Crippen molar-refractivity contribution in [3.8, 4) is 0 Å². The van der Waals surface area contributed by atoms with E-state index in [1.54, 1.807) is 0 Å². The normalized spacial score (nSPS) is 11.4. The van der Waals surface area contributed by atoms with Crippen molar-refractivity contribution in [3.63, 3.8) is 0 Å². The fourth-order valence-electron chi connectivity index (χ4n) is 2.62. The van der Waals surface area contributed by atoms with Crippen LogP contribution in [0.3, 0.4) is 0 Å². The van der Waals surface area contributed by atoms with Gasteiger partial charge in [0.2, 0.25) is 0 Å². The van der Waals surface area contributed by atoms with Gasteiger partial charge in [0, 0.05) is 18.7 Å². The largest absolute Gasteiger partial charge is 0.382 e. The predicted molar refractivity (Wildman–Crippen MR) is 83.7 cm³/mol. The smallest absolute Gasteiger partial charge is 0.151 e. The lowest BCUT2D eigenvalue weighted by molar-refractivity contribution is 0.597. The highest BCUT2D eigenvalue weighted by Gasteiger charge is 2.16. The van der Waals surface area contributed by atoms with Gasteiger partial charge in [-0.2, -0.15) is 0 Å². The molecule has 0 aliphatic rings. The van der Waals surface area contributed by atoms with Gasteiger partial charge in [0.25, 0.3) is 0 Å². The van der Waals surface area contributed by atoms with E-state index >= 15 is 0 Å². The zero-order valence-corrected chi connectivity index (χ0v) is 12.7. The predicted octanol–water partition coefficient (Wildman–Crippen LogP) is 2.32. The number of fused-ring (bicyclic) bond motifs is 1. The molecule has 0 bridgehead atoms. The van der Waals surface area contributed by atoms with E-state index in [-0.39, 0.29) is 0 Å². The van der Waals surface area contributed by atoms with Gasteiger partial charge in [-0.05, 0) is 45.2 Å². The minimum atomic E-state index is 0.540. The Morgan fingerprint density at radius 2 is 1.90 bits per heavy atom. The Morgan fingerprint density at radius 1 is 1.15 bits per heavy atom. The molecule has 0 aliphatic heterocycles. The molecule has 0 atom stereocenters. The van der Waals surface area contributed by atoms with Crippen molar-refractivity contribution in [1.29, 1.82) is 0 Å². The topological polar surface area (TPSA) is 82.8 Å². The van der Waals surface area contributed by atoms with Crippen LogP contribution < -0.4 is 11.5 Å². The van der Waals surface area contributed by atoms with Gasteiger partial charge in [-0.3, -0.25) is 0 Å². The van der Waals surface area contributed by atoms with Crippen molar-refractivity contribution in [2.24, 2.45) is 5.73 Å². The maximum Gasteiger partial charge on any atom is 0.151 e. The van der Waals surface area contributed by atoms with Gasteiger partial charge >= 0.3 is 0 Å². The van der Waals surface area contributed by atoms with Crippen LogP contribution in [0.25, 0.3) is 11.0 Å². The van der Waals surface area contributed by atoms with E-state index in [1.807, 2.05) is 6.92 Å². The fraction of sp³-hybridized carbons (Fsp3) is 0.600. The van der Waals surface area contributed by atoms with Crippen LogP contribution in [0.1, 0.15) is 43.3 Å². The number of aromatic nitrogens is 3. The molecule has 0 radical (unpaired) electrons. The molecular weight excluding hydrogens is 250 g/mol. The molecule has 2 heterocycles. The summed E-state index contributed by atoms with van der Waals surface area (Å²) in [5, 5.41) is 0. The van der Waals surface area contributed by atoms with Crippen LogP contribution in [0.5, 0.6) is 0 Å². The maximum absolute atomic E-state index is 6.05. The maximum atomic E-state index is 6.05. The number of pyridine rings is 1. The van der Waals surface area contributed by atoms with Crippen LogP contribution >= 0.6 is 0 Å². The highest BCUT2D eigenvalue weighted by atomic mass is 15.1. The summed E-state index contributed by atoms with van der Waals surface area (Å²) in [5.41, 5.74) is 15.8. The summed E-state index contributed by atoms with van der Waals surface area (Å²) >= 11 is 0. The SMILES string of the molecule is CCCc1nc2c(N)nc(C)c(C)c2n1CCCCN. The van der Waals surface area contributed by atoms with Crippen LogP contribution in [0.4, 0.5) is 5.82 Å². The molecule has 110 valence electrons. The second-order valence-electron chi connectivity index (χ2n) is 5.33. The second kappa shape index (κ2) is 6.22. The molecule has 2 aromatic rings. The summed E-state index contributed by atoms with van der Waals surface area (Å²) in [5.74, 6) is 1.65. The number of hydrogen-bond donors (Lipinski definition) is 2. The molecule has 2 aromatic heterocycles. The number of nitrogen functional groups attached to an aromatic ring is 1. The zero-order chi connectivity index (χ0) is 14.7. The number of rotatable bonds is 6. The highest BCUT2D eigenvalue weighted by Crippen LogP contribution is 2.26. The first-order valence-electron chi connectivity index (χ1n) is 7.42. The summed E-state index contributed by atoms with van der Waals surface area (Å²) in [6, 6.07) is 0. The van der Waals surface area contributed by atoms with Crippen LogP contribution in [0.15, 0.2) is 0 Å². The zero-order valence-electron chi connectivity index (χ0n) is 12.7. The molecule has 0 saturated heterocycles. The fourth-order valence-corrected chi connectivity index (χ4v) is 2.62. The molecule has 2 rings (SSSR count). The molecule has 5 nitrogen and oxygen atoms in total. The van der Waals surface area contributed by atoms with E-state index in [1.165, 1.54) is 5.56 Å². The molecule has 0 aliphatic carbocycles. The molecule has 0 amide bonds. The van der Waals surface area contributed by atoms with Crippen molar-refractivity contribution in [1.82, 2.24) is 14.5 Å². The molecule has 0 aromatic carbocycles. The van der Waals surface area contributed by atoms with E-state index in [0.29, 0.717) is 5.82 Å². The lowest BCUT2D eigenvalue weighted by Gasteiger charge is -2.11. The van der Waals surface area contributed by atoms with Crippen molar-refractivity contribution in [2.45, 2.75) is 53.0 Å². The molecule has 20 heavy (non-hydrogen) atoms. The third-order valence-electron chi connectivity index (χ3n) is 3.78. The molecule has 4 N–H and O–H groups in total. The second-order valence-corrected chi connectivity index (χ2v) is 5.33. The van der Waals surface area contributed by atoms with Crippen LogP contribution in [-0.2, 0) is 13.0 Å². The van der Waals surface area contributed by atoms with E-state index < -0.39 is 0 Å². The Balaban J connectivity index is 2.56. The highest BCUT2D eigenvalue weighted by molar-refractivity contribution is 5.88. The Labute approximate surface area is 120 Å². The van der Waals surface area contributed by atoms with Crippen LogP contribution in [0.2, 0.25) is 0 Å². The Kier molecular flexibility index (Phi) is 4.60. The van der Waals surface area contributed by atoms with Crippen LogP contribution in [0, 0.1) is 13.8 Å². The van der Waals surface area contributed by atoms with Gasteiger partial charge in [0.05, 0.1) is 5.52 Å². The Bertz CT molecular complexity index is 600. The minimum absolute atomic E-state index is 0.540. The number of nitrogens with zero attached hydrogens (tertiary/aromatic N) is 3. The first kappa shape index (κ1) is 14.8. The first-order valence-corrected chi connectivity index (χ1v) is 7.42. The molecule has 0 unspecified atom stereocenters. The van der Waals surface area contributed by atoms with E-state index in [9.17, 15) is 0 Å². The molecule has 5 heteroatoms. The van der Waals surface area contributed by atoms with E-state index in [4.69, 9.17) is 16.5 Å². The van der Waals surface area contributed by atoms with Crippen molar-refractivity contribution in [3.05, 3.63) is 17.1 Å². The summed E-state index contributed by atoms with van der Waals surface area (Å²) in [6.07, 6.45) is 4.14. The third-order valence-corrected chi connectivity index (χ3v) is 3.78. The average Bonchev–Trinajstić information content (AvgIpc) is 2.77. The number of anilines is 1. The van der Waals surface area contributed by atoms with Gasteiger partial charge < -0.3 is 16.0 Å². The van der Waals surface area contributed by atoms with E-state index in [0.717, 1.165) is 61.3 Å².